The van der Waals surface area contributed by atoms with Crippen LogP contribution < -0.4 is 10.6 Å². The van der Waals surface area contributed by atoms with Crippen LogP contribution in [0.4, 0.5) is 4.79 Å². The maximum Gasteiger partial charge on any atom is 0.315 e. The van der Waals surface area contributed by atoms with Crippen LogP contribution in [0.15, 0.2) is 103 Å². The van der Waals surface area contributed by atoms with E-state index in [4.69, 9.17) is 9.47 Å². The minimum absolute atomic E-state index is 0.00905. The van der Waals surface area contributed by atoms with E-state index in [1.807, 2.05) is 55.5 Å². The third kappa shape index (κ3) is 7.35. The number of ether oxygens (including phenoxy) is 2. The lowest BCUT2D eigenvalue weighted by Gasteiger charge is -2.38. The lowest BCUT2D eigenvalue weighted by Crippen LogP contribution is -2.37. The van der Waals surface area contributed by atoms with Gasteiger partial charge in [0.2, 0.25) is 0 Å². The molecule has 232 valence electrons. The van der Waals surface area contributed by atoms with Crippen LogP contribution in [-0.4, -0.2) is 42.3 Å². The topological polar surface area (TPSA) is 83.1 Å². The van der Waals surface area contributed by atoms with Crippen molar-refractivity contribution >= 4 is 27.6 Å². The van der Waals surface area contributed by atoms with Gasteiger partial charge in [-0.05, 0) is 63.8 Å². The molecule has 0 bridgehead atoms. The van der Waals surface area contributed by atoms with E-state index in [1.54, 1.807) is 0 Å². The number of hydrogen-bond donors (Lipinski definition) is 3. The summed E-state index contributed by atoms with van der Waals surface area (Å²) in [4.78, 5) is 14.2. The van der Waals surface area contributed by atoms with Gasteiger partial charge in [-0.2, -0.15) is 0 Å². The summed E-state index contributed by atoms with van der Waals surface area (Å²) in [5, 5.41) is 20.2. The molecular weight excluding hydrogens is 562 g/mol. The second-order valence-corrected chi connectivity index (χ2v) is 11.8. The van der Waals surface area contributed by atoms with Crippen LogP contribution in [0.25, 0.3) is 21.5 Å². The number of nitrogens with one attached hydrogen (secondary N) is 2. The average molecular weight is 604 g/mol. The summed E-state index contributed by atoms with van der Waals surface area (Å²) in [5.74, 6) is 0. The molecule has 7 heteroatoms. The molecule has 0 spiro atoms. The normalized spacial score (nSPS) is 18.4. The maximum absolute atomic E-state index is 11.8. The minimum Gasteiger partial charge on any atom is -0.392 e. The second-order valence-electron chi connectivity index (χ2n) is 11.8. The van der Waals surface area contributed by atoms with E-state index in [9.17, 15) is 9.90 Å². The van der Waals surface area contributed by atoms with E-state index in [0.29, 0.717) is 19.5 Å². The lowest BCUT2D eigenvalue weighted by molar-refractivity contribution is -0.252. The molecule has 3 atom stereocenters. The predicted octanol–water partition coefficient (Wildman–Crippen LogP) is 6.98. The highest BCUT2D eigenvalue weighted by Gasteiger charge is 2.33. The van der Waals surface area contributed by atoms with Crippen molar-refractivity contribution in [3.63, 3.8) is 0 Å². The number of likely N-dealkylation sites (N-methyl/N-ethyl adjacent to an activating group) is 1. The first-order chi connectivity index (χ1) is 22.0. The molecular formula is C38H41N3O4. The fourth-order valence-corrected chi connectivity index (χ4v) is 6.19. The van der Waals surface area contributed by atoms with Crippen molar-refractivity contribution < 1.29 is 19.4 Å². The van der Waals surface area contributed by atoms with Gasteiger partial charge in [-0.1, -0.05) is 97.1 Å². The SMILES string of the molecule is CCNC(=O)NCc1ccc(C2O[C@H](CN(C)Cc3c4ccccc4cc4ccccc34)C[C@H](c3ccc(CO)cc3)O2)cc1. The number of amides is 2. The van der Waals surface area contributed by atoms with Crippen LogP contribution in [0.1, 0.15) is 53.6 Å². The smallest absolute Gasteiger partial charge is 0.315 e. The first kappa shape index (κ1) is 30.7. The Morgan fingerprint density at radius 1 is 0.822 bits per heavy atom. The van der Waals surface area contributed by atoms with E-state index >= 15 is 0 Å². The summed E-state index contributed by atoms with van der Waals surface area (Å²) in [6, 6.07) is 35.3. The molecule has 2 amide bonds. The molecule has 5 aromatic rings. The summed E-state index contributed by atoms with van der Waals surface area (Å²) in [5.41, 5.74) is 5.19. The Labute approximate surface area is 264 Å². The first-order valence-corrected chi connectivity index (χ1v) is 15.7. The van der Waals surface area contributed by atoms with Gasteiger partial charge in [0.15, 0.2) is 6.29 Å². The molecule has 1 aliphatic heterocycles. The number of fused-ring (bicyclic) bond motifs is 2. The number of nitrogens with zero attached hydrogens (tertiary/aromatic N) is 1. The quantitative estimate of drug-likeness (QED) is 0.150. The Kier molecular flexibility index (Phi) is 9.72. The van der Waals surface area contributed by atoms with Gasteiger partial charge in [0.05, 0.1) is 18.8 Å². The molecule has 1 fully saturated rings. The van der Waals surface area contributed by atoms with Crippen molar-refractivity contribution in [3.8, 4) is 0 Å². The van der Waals surface area contributed by atoms with E-state index in [1.165, 1.54) is 27.1 Å². The van der Waals surface area contributed by atoms with Crippen molar-refractivity contribution in [3.05, 3.63) is 131 Å². The lowest BCUT2D eigenvalue weighted by atomic mass is 9.96. The van der Waals surface area contributed by atoms with Gasteiger partial charge in [-0.15, -0.1) is 0 Å². The third-order valence-electron chi connectivity index (χ3n) is 8.48. The molecule has 45 heavy (non-hydrogen) atoms. The molecule has 0 aromatic heterocycles. The fraction of sp³-hybridized carbons (Fsp3) is 0.289. The Morgan fingerprint density at radius 2 is 1.44 bits per heavy atom. The van der Waals surface area contributed by atoms with Gasteiger partial charge >= 0.3 is 6.03 Å². The van der Waals surface area contributed by atoms with Crippen molar-refractivity contribution in [2.45, 2.75) is 51.5 Å². The van der Waals surface area contributed by atoms with E-state index in [-0.39, 0.29) is 24.8 Å². The number of hydrogen-bond acceptors (Lipinski definition) is 5. The number of carbonyl (C=O) groups is 1. The number of aliphatic hydroxyl groups excluding tert-OH is 1. The van der Waals surface area contributed by atoms with Crippen LogP contribution in [0, 0.1) is 0 Å². The van der Waals surface area contributed by atoms with Crippen molar-refractivity contribution in [2.24, 2.45) is 0 Å². The highest BCUT2D eigenvalue weighted by atomic mass is 16.7. The Bertz CT molecular complexity index is 1680. The van der Waals surface area contributed by atoms with Crippen LogP contribution in [-0.2, 0) is 29.2 Å². The van der Waals surface area contributed by atoms with Gasteiger partial charge in [-0.3, -0.25) is 4.90 Å². The molecule has 1 saturated heterocycles. The maximum atomic E-state index is 11.8. The highest BCUT2D eigenvalue weighted by molar-refractivity contribution is 6.02. The van der Waals surface area contributed by atoms with Crippen molar-refractivity contribution in [1.29, 1.82) is 0 Å². The summed E-state index contributed by atoms with van der Waals surface area (Å²) in [7, 11) is 2.16. The number of benzene rings is 5. The minimum atomic E-state index is -0.538. The summed E-state index contributed by atoms with van der Waals surface area (Å²) < 4.78 is 13.2. The van der Waals surface area contributed by atoms with Gasteiger partial charge < -0.3 is 25.2 Å². The van der Waals surface area contributed by atoms with Gasteiger partial charge in [0.1, 0.15) is 0 Å². The molecule has 0 aliphatic carbocycles. The largest absolute Gasteiger partial charge is 0.392 e. The van der Waals surface area contributed by atoms with Crippen LogP contribution in [0.2, 0.25) is 0 Å². The molecule has 7 nitrogen and oxygen atoms in total. The van der Waals surface area contributed by atoms with E-state index in [0.717, 1.165) is 35.3 Å². The summed E-state index contributed by atoms with van der Waals surface area (Å²) in [6.45, 7) is 4.45. The zero-order valence-electron chi connectivity index (χ0n) is 25.9. The van der Waals surface area contributed by atoms with Gasteiger partial charge in [0, 0.05) is 38.2 Å². The molecule has 5 aromatic carbocycles. The molecule has 6 rings (SSSR count). The van der Waals surface area contributed by atoms with Crippen molar-refractivity contribution in [2.75, 3.05) is 20.1 Å². The summed E-state index contributed by atoms with van der Waals surface area (Å²) in [6.07, 6.45) is -0.0585. The zero-order valence-corrected chi connectivity index (χ0v) is 25.9. The summed E-state index contributed by atoms with van der Waals surface area (Å²) >= 11 is 0. The van der Waals surface area contributed by atoms with Crippen molar-refractivity contribution in [1.82, 2.24) is 15.5 Å². The Hall–Kier alpha value is -4.27. The highest BCUT2D eigenvalue weighted by Crippen LogP contribution is 2.38. The Balaban J connectivity index is 1.22. The first-order valence-electron chi connectivity index (χ1n) is 15.7. The van der Waals surface area contributed by atoms with Crippen LogP contribution in [0.3, 0.4) is 0 Å². The molecule has 0 saturated carbocycles. The standard InChI is InChI=1S/C38H41N3O4/c1-3-39-38(43)40-22-26-12-18-29(19-13-26)37-44-32(21-36(45-37)28-16-14-27(25-42)15-17-28)23-41(2)24-35-33-10-6-4-8-30(33)20-31-9-5-7-11-34(31)35/h4-20,32,36-37,42H,3,21-25H2,1-2H3,(H2,39,40,43)/t32-,36+,37?/m0/s1. The predicted molar refractivity (Wildman–Crippen MR) is 179 cm³/mol. The third-order valence-corrected chi connectivity index (χ3v) is 8.48. The second kappa shape index (κ2) is 14.2. The number of rotatable bonds is 10. The average Bonchev–Trinajstić information content (AvgIpc) is 3.07. The molecule has 0 radical (unpaired) electrons. The monoisotopic (exact) mass is 603 g/mol. The fourth-order valence-electron chi connectivity index (χ4n) is 6.19. The molecule has 3 N–H and O–H groups in total. The van der Waals surface area contributed by atoms with Crippen LogP contribution in [0.5, 0.6) is 0 Å². The van der Waals surface area contributed by atoms with E-state index < -0.39 is 6.29 Å². The molecule has 1 aliphatic rings. The number of aliphatic hydroxyl groups is 1. The van der Waals surface area contributed by atoms with Crippen LogP contribution >= 0.6 is 0 Å². The number of carbonyl (C=O) groups excluding carboxylic acids is 1. The Morgan fingerprint density at radius 3 is 2.09 bits per heavy atom. The van der Waals surface area contributed by atoms with Gasteiger partial charge in [0.25, 0.3) is 0 Å². The van der Waals surface area contributed by atoms with E-state index in [2.05, 4.69) is 77.2 Å². The van der Waals surface area contributed by atoms with Gasteiger partial charge in [-0.25, -0.2) is 4.79 Å². The molecule has 1 heterocycles. The molecule has 1 unspecified atom stereocenters. The zero-order chi connectivity index (χ0) is 31.2. The number of urea groups is 1.